The molecule has 2 heterocycles. The maximum absolute atomic E-state index is 11.8. The van der Waals surface area contributed by atoms with Crippen LogP contribution in [0.25, 0.3) is 0 Å². The second-order valence-electron chi connectivity index (χ2n) is 4.43. The van der Waals surface area contributed by atoms with E-state index in [2.05, 4.69) is 0 Å². The highest BCUT2D eigenvalue weighted by atomic mass is 16.7. The van der Waals surface area contributed by atoms with Crippen LogP contribution in [0.5, 0.6) is 0 Å². The first kappa shape index (κ1) is 11.8. The van der Waals surface area contributed by atoms with E-state index >= 15 is 0 Å². The molecule has 1 unspecified atom stereocenters. The molecule has 18 heavy (non-hydrogen) atoms. The van der Waals surface area contributed by atoms with E-state index in [9.17, 15) is 9.90 Å². The molecule has 0 aliphatic carbocycles. The van der Waals surface area contributed by atoms with Crippen LogP contribution >= 0.6 is 0 Å². The molecule has 2 aliphatic heterocycles. The lowest BCUT2D eigenvalue weighted by molar-refractivity contribution is -0.295. The molecule has 0 bridgehead atoms. The smallest absolute Gasteiger partial charge is 0.184 e. The van der Waals surface area contributed by atoms with Crippen LogP contribution in [0.4, 0.5) is 0 Å². The molecule has 2 fully saturated rings. The molecule has 2 aliphatic rings. The van der Waals surface area contributed by atoms with Gasteiger partial charge in [-0.05, 0) is 0 Å². The SMILES string of the molecule is O=C1C[C@@H](O)O[C@@H]2COC(c3ccccc3)O[C@@H]12. The summed E-state index contributed by atoms with van der Waals surface area (Å²) in [6, 6.07) is 9.44. The topological polar surface area (TPSA) is 65.0 Å². The van der Waals surface area contributed by atoms with E-state index in [4.69, 9.17) is 14.2 Å². The fourth-order valence-corrected chi connectivity index (χ4v) is 2.25. The lowest BCUT2D eigenvalue weighted by Crippen LogP contribution is -2.52. The highest BCUT2D eigenvalue weighted by molar-refractivity contribution is 5.84. The van der Waals surface area contributed by atoms with Gasteiger partial charge < -0.3 is 19.3 Å². The second-order valence-corrected chi connectivity index (χ2v) is 4.43. The molecule has 0 saturated carbocycles. The third kappa shape index (κ3) is 2.18. The number of benzene rings is 1. The van der Waals surface area contributed by atoms with E-state index in [-0.39, 0.29) is 18.8 Å². The fraction of sp³-hybridized carbons (Fsp3) is 0.462. The van der Waals surface area contributed by atoms with E-state index in [0.29, 0.717) is 0 Å². The van der Waals surface area contributed by atoms with Crippen molar-refractivity contribution in [2.75, 3.05) is 6.61 Å². The van der Waals surface area contributed by atoms with Crippen molar-refractivity contribution in [3.05, 3.63) is 35.9 Å². The van der Waals surface area contributed by atoms with Crippen molar-refractivity contribution in [1.29, 1.82) is 0 Å². The molecule has 1 aromatic rings. The van der Waals surface area contributed by atoms with Gasteiger partial charge in [0, 0.05) is 5.56 Å². The van der Waals surface area contributed by atoms with E-state index in [1.54, 1.807) is 0 Å². The zero-order valence-corrected chi connectivity index (χ0v) is 9.69. The molecule has 3 rings (SSSR count). The molecule has 1 aromatic carbocycles. The molecular weight excluding hydrogens is 236 g/mol. The minimum absolute atomic E-state index is 0.0251. The Kier molecular flexibility index (Phi) is 3.13. The number of carbonyl (C=O) groups is 1. The summed E-state index contributed by atoms with van der Waals surface area (Å²) in [5.41, 5.74) is 0.870. The van der Waals surface area contributed by atoms with Gasteiger partial charge in [-0.25, -0.2) is 0 Å². The summed E-state index contributed by atoms with van der Waals surface area (Å²) >= 11 is 0. The first-order valence-corrected chi connectivity index (χ1v) is 5.92. The summed E-state index contributed by atoms with van der Waals surface area (Å²) in [7, 11) is 0. The lowest BCUT2D eigenvalue weighted by atomic mass is 10.0. The Hall–Kier alpha value is -1.27. The molecule has 0 radical (unpaired) electrons. The van der Waals surface area contributed by atoms with Crippen molar-refractivity contribution in [2.45, 2.75) is 31.2 Å². The minimum Gasteiger partial charge on any atom is -0.368 e. The third-order valence-corrected chi connectivity index (χ3v) is 3.12. The second kappa shape index (κ2) is 4.78. The predicted molar refractivity (Wildman–Crippen MR) is 60.5 cm³/mol. The summed E-state index contributed by atoms with van der Waals surface area (Å²) < 4.78 is 16.4. The van der Waals surface area contributed by atoms with Crippen LogP contribution < -0.4 is 0 Å². The molecule has 0 amide bonds. The van der Waals surface area contributed by atoms with Crippen molar-refractivity contribution < 1.29 is 24.1 Å². The number of hydrogen-bond acceptors (Lipinski definition) is 5. The standard InChI is InChI=1S/C13H14O5/c14-9-6-11(15)17-10-7-16-13(18-12(9)10)8-4-2-1-3-5-8/h1-5,10-13,15H,6-7H2/t10-,11+,12+,13?/m1/s1. The lowest BCUT2D eigenvalue weighted by Gasteiger charge is -2.39. The van der Waals surface area contributed by atoms with Gasteiger partial charge in [-0.3, -0.25) is 4.79 Å². The van der Waals surface area contributed by atoms with E-state index in [1.807, 2.05) is 30.3 Å². The van der Waals surface area contributed by atoms with Gasteiger partial charge >= 0.3 is 0 Å². The average molecular weight is 250 g/mol. The molecular formula is C13H14O5. The minimum atomic E-state index is -1.04. The summed E-state index contributed by atoms with van der Waals surface area (Å²) in [4.78, 5) is 11.8. The average Bonchev–Trinajstić information content (AvgIpc) is 2.39. The Morgan fingerprint density at radius 1 is 1.17 bits per heavy atom. The van der Waals surface area contributed by atoms with Gasteiger partial charge in [-0.15, -0.1) is 0 Å². The summed E-state index contributed by atoms with van der Waals surface area (Å²) in [5, 5.41) is 9.35. The predicted octanol–water partition coefficient (Wildman–Crippen LogP) is 0.777. The number of Topliss-reactive ketones (excluding diaryl/α,β-unsaturated/α-hetero) is 1. The number of ketones is 1. The van der Waals surface area contributed by atoms with Gasteiger partial charge in [-0.1, -0.05) is 30.3 Å². The van der Waals surface area contributed by atoms with Crippen LogP contribution in [-0.2, 0) is 19.0 Å². The van der Waals surface area contributed by atoms with Gasteiger partial charge in [0.2, 0.25) is 0 Å². The van der Waals surface area contributed by atoms with Crippen LogP contribution in [0.15, 0.2) is 30.3 Å². The van der Waals surface area contributed by atoms with Gasteiger partial charge in [0.05, 0.1) is 13.0 Å². The molecule has 96 valence electrons. The van der Waals surface area contributed by atoms with Crippen molar-refractivity contribution in [3.63, 3.8) is 0 Å². The van der Waals surface area contributed by atoms with Crippen LogP contribution in [0.1, 0.15) is 18.3 Å². The zero-order valence-electron chi connectivity index (χ0n) is 9.69. The molecule has 1 N–H and O–H groups in total. The van der Waals surface area contributed by atoms with Gasteiger partial charge in [0.25, 0.3) is 0 Å². The Bertz CT molecular complexity index is 432. The van der Waals surface area contributed by atoms with Crippen molar-refractivity contribution in [2.24, 2.45) is 0 Å². The normalized spacial score (nSPS) is 36.2. The largest absolute Gasteiger partial charge is 0.368 e. The van der Waals surface area contributed by atoms with Gasteiger partial charge in [-0.2, -0.15) is 0 Å². The van der Waals surface area contributed by atoms with Crippen molar-refractivity contribution >= 4 is 5.78 Å². The summed E-state index contributed by atoms with van der Waals surface area (Å²) in [5.74, 6) is -0.136. The van der Waals surface area contributed by atoms with Crippen molar-refractivity contribution in [1.82, 2.24) is 0 Å². The van der Waals surface area contributed by atoms with Crippen molar-refractivity contribution in [3.8, 4) is 0 Å². The summed E-state index contributed by atoms with van der Waals surface area (Å²) in [6.45, 7) is 0.243. The molecule has 2 saturated heterocycles. The molecule has 5 nitrogen and oxygen atoms in total. The van der Waals surface area contributed by atoms with Crippen LogP contribution in [-0.4, -0.2) is 36.0 Å². The summed E-state index contributed by atoms with van der Waals surface area (Å²) in [6.07, 6.45) is -2.77. The Morgan fingerprint density at radius 2 is 1.94 bits per heavy atom. The molecule has 0 aromatic heterocycles. The van der Waals surface area contributed by atoms with E-state index in [1.165, 1.54) is 0 Å². The number of rotatable bonds is 1. The number of hydrogen-bond donors (Lipinski definition) is 1. The highest BCUT2D eigenvalue weighted by Gasteiger charge is 2.43. The van der Waals surface area contributed by atoms with Crippen LogP contribution in [0, 0.1) is 0 Å². The number of aliphatic hydroxyl groups excluding tert-OH is 1. The number of fused-ring (bicyclic) bond motifs is 1. The maximum atomic E-state index is 11.8. The van der Waals surface area contributed by atoms with Crippen LogP contribution in [0.3, 0.4) is 0 Å². The zero-order chi connectivity index (χ0) is 12.5. The highest BCUT2D eigenvalue weighted by Crippen LogP contribution is 2.31. The Labute approximate surface area is 104 Å². The Balaban J connectivity index is 1.75. The van der Waals surface area contributed by atoms with E-state index in [0.717, 1.165) is 5.56 Å². The van der Waals surface area contributed by atoms with Crippen LogP contribution in [0.2, 0.25) is 0 Å². The first-order chi connectivity index (χ1) is 8.74. The molecule has 4 atom stereocenters. The molecule has 5 heteroatoms. The number of aliphatic hydroxyl groups is 1. The first-order valence-electron chi connectivity index (χ1n) is 5.92. The quantitative estimate of drug-likeness (QED) is 0.797. The monoisotopic (exact) mass is 250 g/mol. The third-order valence-electron chi connectivity index (χ3n) is 3.12. The fourth-order valence-electron chi connectivity index (χ4n) is 2.25. The number of ether oxygens (including phenoxy) is 3. The Morgan fingerprint density at radius 3 is 2.72 bits per heavy atom. The van der Waals surface area contributed by atoms with Gasteiger partial charge in [0.1, 0.15) is 12.2 Å². The van der Waals surface area contributed by atoms with E-state index < -0.39 is 24.8 Å². The number of carbonyl (C=O) groups excluding carboxylic acids is 1. The molecule has 0 spiro atoms. The maximum Gasteiger partial charge on any atom is 0.184 e. The van der Waals surface area contributed by atoms with Gasteiger partial charge in [0.15, 0.2) is 18.4 Å².